The fourth-order valence-electron chi connectivity index (χ4n) is 3.72. The summed E-state index contributed by atoms with van der Waals surface area (Å²) < 4.78 is 75.7. The number of nitrogens with two attached hydrogens (primary N) is 1. The number of carbonyl (C=O) groups is 4. The lowest BCUT2D eigenvalue weighted by atomic mass is 10.0. The summed E-state index contributed by atoms with van der Waals surface area (Å²) in [5.41, 5.74) is 3.44. The van der Waals surface area contributed by atoms with Crippen molar-refractivity contribution in [2.45, 2.75) is 65.2 Å². The van der Waals surface area contributed by atoms with E-state index >= 15 is 0 Å². The Morgan fingerprint density at radius 3 is 1.88 bits per heavy atom. The summed E-state index contributed by atoms with van der Waals surface area (Å²) in [5.74, 6) is -5.94. The quantitative estimate of drug-likeness (QED) is 0.108. The van der Waals surface area contributed by atoms with Crippen LogP contribution in [-0.4, -0.2) is 59.0 Å². The SMILES string of the molecule is CCc1c(C(=O)OC(C)(C)C)[nH]c(C[NH2+]c2ccc(OC)cc2)c1C(=O)NCc1c[nH][n+](C)c1.O=C([O-])C(F)(F)F.O=C([O-])C(F)(F)F. The minimum absolute atomic E-state index is 0.232. The highest BCUT2D eigenvalue weighted by molar-refractivity contribution is 6.01. The molecular weight excluding hydrogens is 660 g/mol. The summed E-state index contributed by atoms with van der Waals surface area (Å²) in [5, 5.41) is 25.6. The van der Waals surface area contributed by atoms with Crippen molar-refractivity contribution in [3.63, 3.8) is 0 Å². The molecule has 48 heavy (non-hydrogen) atoms. The van der Waals surface area contributed by atoms with E-state index < -0.39 is 35.9 Å². The van der Waals surface area contributed by atoms with E-state index in [1.807, 2.05) is 81.4 Å². The Balaban J connectivity index is 0.000000687. The minimum Gasteiger partial charge on any atom is -0.542 e. The van der Waals surface area contributed by atoms with Crippen LogP contribution in [0, 0.1) is 0 Å². The van der Waals surface area contributed by atoms with Gasteiger partial charge < -0.3 is 44.9 Å². The van der Waals surface area contributed by atoms with Crippen LogP contribution in [0.25, 0.3) is 0 Å². The first-order chi connectivity index (χ1) is 22.0. The van der Waals surface area contributed by atoms with Gasteiger partial charge in [0.15, 0.2) is 13.2 Å². The molecule has 0 spiro atoms. The van der Waals surface area contributed by atoms with Gasteiger partial charge >= 0.3 is 18.3 Å². The Bertz CT molecular complexity index is 1520. The molecule has 0 unspecified atom stereocenters. The number of carbonyl (C=O) groups excluding carboxylic acids is 4. The van der Waals surface area contributed by atoms with Crippen molar-refractivity contribution < 1.29 is 75.2 Å². The van der Waals surface area contributed by atoms with E-state index in [1.165, 1.54) is 0 Å². The number of nitrogens with zero attached hydrogens (tertiary/aromatic N) is 1. The van der Waals surface area contributed by atoms with E-state index in [0.717, 1.165) is 17.0 Å². The fourth-order valence-corrected chi connectivity index (χ4v) is 3.72. The second kappa shape index (κ2) is 17.2. The van der Waals surface area contributed by atoms with Gasteiger partial charge in [-0.05, 0) is 44.9 Å². The van der Waals surface area contributed by atoms with Gasteiger partial charge in [-0.2, -0.15) is 31.4 Å². The molecule has 2 aromatic heterocycles. The van der Waals surface area contributed by atoms with Crippen molar-refractivity contribution in [2.24, 2.45) is 7.05 Å². The molecule has 0 bridgehead atoms. The van der Waals surface area contributed by atoms with Crippen LogP contribution in [-0.2, 0) is 40.9 Å². The van der Waals surface area contributed by atoms with Crippen LogP contribution in [0.2, 0.25) is 0 Å². The number of aryl methyl sites for hydroxylation is 1. The lowest BCUT2D eigenvalue weighted by Crippen LogP contribution is -2.76. The van der Waals surface area contributed by atoms with Crippen LogP contribution >= 0.6 is 0 Å². The second-order valence-electron chi connectivity index (χ2n) is 10.7. The standard InChI is InChI=1S/C25H33N5O4.2C2HF3O2/c1-7-19-21(23(31)27-12-16-13-28-30(5)15-16)20(29-22(19)24(32)34-25(2,3)4)14-26-17-8-10-18(33-6)11-9-17;2*3-2(4,5)1(6)7/h8-11,13,15,26H,7,12,14H2,1-6H3,(H2,27,29,31,32);2*(H,6,7). The first-order valence-electron chi connectivity index (χ1n) is 13.8. The number of carboxylic acid groups (broad SMARTS) is 2. The number of aliphatic carboxylic acids is 2. The number of amides is 1. The maximum Gasteiger partial charge on any atom is 0.430 e. The number of ether oxygens (including phenoxy) is 2. The van der Waals surface area contributed by atoms with E-state index in [0.29, 0.717) is 42.0 Å². The maximum atomic E-state index is 13.3. The molecule has 19 heteroatoms. The molecule has 2 heterocycles. The number of nitrogens with one attached hydrogen (secondary N) is 3. The first-order valence-corrected chi connectivity index (χ1v) is 13.8. The molecule has 266 valence electrons. The number of quaternary nitrogens is 1. The van der Waals surface area contributed by atoms with Gasteiger partial charge in [0.25, 0.3) is 5.91 Å². The molecule has 0 saturated heterocycles. The number of halogens is 6. The number of methoxy groups -OCH3 is 1. The molecule has 0 atom stereocenters. The Labute approximate surface area is 270 Å². The highest BCUT2D eigenvalue weighted by atomic mass is 19.4. The van der Waals surface area contributed by atoms with Crippen molar-refractivity contribution in [2.75, 3.05) is 7.11 Å². The molecule has 0 radical (unpaired) electrons. The van der Waals surface area contributed by atoms with Crippen molar-refractivity contribution >= 4 is 29.5 Å². The van der Waals surface area contributed by atoms with Crippen molar-refractivity contribution in [1.29, 1.82) is 0 Å². The van der Waals surface area contributed by atoms with Gasteiger partial charge in [-0.3, -0.25) is 4.79 Å². The molecule has 3 rings (SSSR count). The van der Waals surface area contributed by atoms with Gasteiger partial charge in [-0.15, -0.1) is 4.68 Å². The van der Waals surface area contributed by atoms with Gasteiger partial charge in [-0.1, -0.05) is 6.92 Å². The highest BCUT2D eigenvalue weighted by Gasteiger charge is 2.30. The summed E-state index contributed by atoms with van der Waals surface area (Å²) in [7, 11) is 3.51. The molecule has 3 aromatic rings. The number of alkyl halides is 6. The van der Waals surface area contributed by atoms with Crippen molar-refractivity contribution in [1.82, 2.24) is 15.4 Å². The van der Waals surface area contributed by atoms with Crippen LogP contribution in [0.1, 0.15) is 65.4 Å². The lowest BCUT2D eigenvalue weighted by molar-refractivity contribution is -0.727. The van der Waals surface area contributed by atoms with E-state index in [2.05, 4.69) is 15.4 Å². The molecule has 0 aliphatic rings. The van der Waals surface area contributed by atoms with Crippen molar-refractivity contribution in [3.8, 4) is 5.75 Å². The number of hydrogen-bond acceptors (Lipinski definition) is 8. The fraction of sp³-hybridized carbons (Fsp3) is 0.414. The number of hydrogen-bond donors (Lipinski definition) is 4. The number of carboxylic acids is 2. The van der Waals surface area contributed by atoms with Crippen LogP contribution < -0.4 is 30.3 Å². The third-order valence-electron chi connectivity index (χ3n) is 5.75. The number of esters is 1. The Kier molecular flexibility index (Phi) is 14.7. The number of benzene rings is 1. The zero-order valence-electron chi connectivity index (χ0n) is 26.6. The average Bonchev–Trinajstić information content (AvgIpc) is 3.56. The van der Waals surface area contributed by atoms with Crippen LogP contribution in [0.4, 0.5) is 32.0 Å². The van der Waals surface area contributed by atoms with Gasteiger partial charge in [0.1, 0.15) is 41.2 Å². The van der Waals surface area contributed by atoms with Gasteiger partial charge in [0, 0.05) is 12.1 Å². The lowest BCUT2D eigenvalue weighted by Gasteiger charge is -2.19. The van der Waals surface area contributed by atoms with Crippen LogP contribution in [0.3, 0.4) is 0 Å². The Morgan fingerprint density at radius 1 is 0.958 bits per heavy atom. The summed E-state index contributed by atoms with van der Waals surface area (Å²) in [6.45, 7) is 8.21. The molecule has 1 aromatic carbocycles. The van der Waals surface area contributed by atoms with Gasteiger partial charge in [0.05, 0.1) is 36.7 Å². The molecule has 5 N–H and O–H groups in total. The van der Waals surface area contributed by atoms with Crippen molar-refractivity contribution in [3.05, 3.63) is 64.7 Å². The van der Waals surface area contributed by atoms with E-state index in [4.69, 9.17) is 29.3 Å². The number of rotatable bonds is 9. The summed E-state index contributed by atoms with van der Waals surface area (Å²) in [6.07, 6.45) is -6.14. The third kappa shape index (κ3) is 13.7. The van der Waals surface area contributed by atoms with Gasteiger partial charge in [0.2, 0.25) is 0 Å². The smallest absolute Gasteiger partial charge is 0.430 e. The largest absolute Gasteiger partial charge is 0.542 e. The molecule has 0 aliphatic heterocycles. The molecule has 0 aliphatic carbocycles. The molecule has 13 nitrogen and oxygen atoms in total. The first kappa shape index (κ1) is 41.0. The second-order valence-corrected chi connectivity index (χ2v) is 10.7. The summed E-state index contributed by atoms with van der Waals surface area (Å²) in [4.78, 5) is 47.0. The molecule has 0 fully saturated rings. The van der Waals surface area contributed by atoms with Crippen LogP contribution in [0.5, 0.6) is 5.75 Å². The highest BCUT2D eigenvalue weighted by Crippen LogP contribution is 2.23. The van der Waals surface area contributed by atoms with Gasteiger partial charge in [-0.25, -0.2) is 4.79 Å². The number of aromatic amines is 2. The number of H-pyrrole nitrogens is 2. The van der Waals surface area contributed by atoms with E-state index in [-0.39, 0.29) is 5.91 Å². The Morgan fingerprint density at radius 2 is 1.48 bits per heavy atom. The zero-order valence-corrected chi connectivity index (χ0v) is 26.6. The third-order valence-corrected chi connectivity index (χ3v) is 5.75. The van der Waals surface area contributed by atoms with E-state index in [9.17, 15) is 35.9 Å². The predicted molar refractivity (Wildman–Crippen MR) is 149 cm³/mol. The predicted octanol–water partition coefficient (Wildman–Crippen LogP) is 0.616. The monoisotopic (exact) mass is 695 g/mol. The summed E-state index contributed by atoms with van der Waals surface area (Å²) >= 11 is 0. The summed E-state index contributed by atoms with van der Waals surface area (Å²) in [6, 6.07) is 7.66. The minimum atomic E-state index is -5.19. The average molecular weight is 696 g/mol. The number of aromatic nitrogens is 3. The normalized spacial score (nSPS) is 11.3. The molecule has 1 amide bonds. The molecular formula is C29H35F6N5O8. The zero-order chi connectivity index (χ0) is 37.0. The maximum absolute atomic E-state index is 13.3. The van der Waals surface area contributed by atoms with E-state index in [1.54, 1.807) is 7.11 Å². The Hall–Kier alpha value is -5.07. The topological polar surface area (TPSA) is 197 Å². The van der Waals surface area contributed by atoms with Crippen LogP contribution in [0.15, 0.2) is 36.7 Å². The molecule has 0 saturated carbocycles.